The maximum absolute atomic E-state index is 15.6. The Hall–Kier alpha value is -8.58. The van der Waals surface area contributed by atoms with Gasteiger partial charge in [0, 0.05) is 94.8 Å². The molecule has 0 aromatic heterocycles. The number of aliphatic hydroxyl groups excluding tert-OH is 8. The quantitative estimate of drug-likeness (QED) is 0.0193. The fourth-order valence-electron chi connectivity index (χ4n) is 16.1. The fourth-order valence-corrected chi connectivity index (χ4v) is 16.4. The lowest BCUT2D eigenvalue weighted by Crippen LogP contribution is -2.64. The Kier molecular flexibility index (Phi) is 28.5. The summed E-state index contributed by atoms with van der Waals surface area (Å²) in [7, 11) is 0. The van der Waals surface area contributed by atoms with E-state index in [1.165, 1.54) is 58.1 Å². The summed E-state index contributed by atoms with van der Waals surface area (Å²) in [5, 5.41) is 129. The Morgan fingerprint density at radius 3 is 1.99 bits per heavy atom. The van der Waals surface area contributed by atoms with Crippen molar-refractivity contribution in [1.82, 2.24) is 46.2 Å². The second-order valence-corrected chi connectivity index (χ2v) is 30.1. The highest BCUT2D eigenvalue weighted by molar-refractivity contribution is 7.90. The number of carbonyl (C=O) groups is 7. The van der Waals surface area contributed by atoms with Crippen molar-refractivity contribution in [2.24, 2.45) is 5.92 Å². The van der Waals surface area contributed by atoms with Gasteiger partial charge in [-0.3, -0.25) is 39.0 Å². The van der Waals surface area contributed by atoms with Crippen LogP contribution in [0, 0.1) is 5.92 Å². The van der Waals surface area contributed by atoms with Crippen molar-refractivity contribution < 1.29 is 103 Å². The number of hydrogen-bond donors (Lipinski definition) is 15. The zero-order chi connectivity index (χ0) is 78.4. The van der Waals surface area contributed by atoms with Crippen LogP contribution in [0.25, 0.3) is 22.3 Å². The molecule has 0 bridgehead atoms. The number of phenols is 1. The van der Waals surface area contributed by atoms with Gasteiger partial charge in [0.05, 0.1) is 61.9 Å². The molecule has 2 unspecified atom stereocenters. The largest absolute Gasteiger partial charge is 0.504 e. The third kappa shape index (κ3) is 19.6. The van der Waals surface area contributed by atoms with E-state index < -0.39 is 209 Å². The van der Waals surface area contributed by atoms with Gasteiger partial charge in [0.25, 0.3) is 12.3 Å². The summed E-state index contributed by atoms with van der Waals surface area (Å²) in [5.74, 6) is -9.04. The van der Waals surface area contributed by atoms with Crippen molar-refractivity contribution in [3.05, 3.63) is 138 Å². The van der Waals surface area contributed by atoms with Crippen molar-refractivity contribution in [1.29, 1.82) is 0 Å². The summed E-state index contributed by atoms with van der Waals surface area (Å²) in [6.07, 6.45) is -6.40. The average molecular weight is 1550 g/mol. The number of β-amino-alcohol motifs (C(OH)–C–C–N with tert-alkyl or cyclic N) is 1. The topological polar surface area (TPSA) is 435 Å². The Labute approximate surface area is 642 Å². The maximum atomic E-state index is 15.6. The Balaban J connectivity index is 0.877. The molecule has 5 aromatic carbocycles. The average Bonchev–Trinajstić information content (AvgIpc) is 1.62. The molecule has 1 saturated carbocycles. The lowest BCUT2D eigenvalue weighted by molar-refractivity contribution is -0.433. The molecule has 31 nitrogen and oxygen atoms in total. The van der Waals surface area contributed by atoms with Crippen LogP contribution >= 0.6 is 12.3 Å². The highest BCUT2D eigenvalue weighted by Gasteiger charge is 2.50. The third-order valence-electron chi connectivity index (χ3n) is 22.2. The molecule has 4 aliphatic heterocycles. The lowest BCUT2D eigenvalue weighted by Gasteiger charge is -2.35. The van der Waals surface area contributed by atoms with Crippen LogP contribution in [-0.2, 0) is 49.3 Å². The standard InChI is InChI=1S/C78H102N10O21S/c1-44-39-88-70(71(44)97)75(101)79-38-54(92)36-61(80-45(2)48-19-21-49(22-20-48)50-23-25-52(26-24-50)85-30-11-29-84(32-33-85)51-12-5-4-6-13-51)72(98)81-67(46(3)91)76(102)87-40-55(93)37-62(87)73(99)82-68(65(96)34-47-18-27-63(94)66(35-47)107-110-109-108-105)74(100)83-69(77(88)103)64(95)28-31-86(53(41-89)42-90)78(104)106-43-60-58-16-9-7-14-56(58)57-15-8-10-17-59(57)60/h7-10,14-27,35,44-46,51,53-55,60-62,64-65,67-71,80,89-97,105H,4-6,11-13,28-34,36-43H2,1-3H3,(H,79,101)(H,81,98)(H,82,99)(H,83,100)/t44-,45?,46+,54+,55+,61?,62-,64+,65+,67-,68-,69-,70-,71-/m0/s1. The Morgan fingerprint density at radius 2 is 1.33 bits per heavy atom. The van der Waals surface area contributed by atoms with Crippen molar-refractivity contribution in [2.45, 2.75) is 182 Å². The van der Waals surface area contributed by atoms with Gasteiger partial charge in [0.15, 0.2) is 11.5 Å². The first-order valence-corrected chi connectivity index (χ1v) is 38.4. The molecular weight excluding hydrogens is 1440 g/mol. The van der Waals surface area contributed by atoms with Gasteiger partial charge >= 0.3 is 6.09 Å². The maximum Gasteiger partial charge on any atom is 0.410 e. The molecule has 5 fully saturated rings. The van der Waals surface area contributed by atoms with E-state index >= 15 is 14.4 Å². The number of amides is 7. The van der Waals surface area contributed by atoms with E-state index in [2.05, 4.69) is 70.0 Å². The summed E-state index contributed by atoms with van der Waals surface area (Å²) in [5.41, 5.74) is 7.40. The molecule has 6 aliphatic rings. The van der Waals surface area contributed by atoms with Crippen LogP contribution in [0.4, 0.5) is 10.5 Å². The van der Waals surface area contributed by atoms with Gasteiger partial charge in [-0.15, -0.1) is 0 Å². The van der Waals surface area contributed by atoms with Crippen LogP contribution in [0.15, 0.2) is 115 Å². The first-order valence-electron chi connectivity index (χ1n) is 37.8. The van der Waals surface area contributed by atoms with E-state index in [1.54, 1.807) is 6.92 Å². The third-order valence-corrected chi connectivity index (χ3v) is 22.6. The van der Waals surface area contributed by atoms with E-state index in [1.807, 2.05) is 72.8 Å². The number of nitrogens with one attached hydrogen (secondary N) is 5. The van der Waals surface area contributed by atoms with Gasteiger partial charge in [0.1, 0.15) is 36.8 Å². The number of anilines is 1. The van der Waals surface area contributed by atoms with Crippen LogP contribution in [0.3, 0.4) is 0 Å². The number of benzene rings is 5. The minimum Gasteiger partial charge on any atom is -0.504 e. The van der Waals surface area contributed by atoms with Crippen molar-refractivity contribution in [2.75, 3.05) is 77.1 Å². The minimum atomic E-state index is -2.23. The summed E-state index contributed by atoms with van der Waals surface area (Å²) in [4.78, 5) is 113. The van der Waals surface area contributed by atoms with Gasteiger partial charge in [-0.05, 0) is 115 Å². The van der Waals surface area contributed by atoms with Crippen molar-refractivity contribution in [3.63, 3.8) is 0 Å². The van der Waals surface area contributed by atoms with Crippen LogP contribution < -0.4 is 35.7 Å². The number of aromatic hydroxyl groups is 1. The first-order chi connectivity index (χ1) is 52.9. The number of fused-ring (bicyclic) bond motifs is 5. The Bertz CT molecular complexity index is 3920. The predicted octanol–water partition coefficient (Wildman–Crippen LogP) is 2.13. The zero-order valence-electron chi connectivity index (χ0n) is 61.7. The van der Waals surface area contributed by atoms with Gasteiger partial charge in [-0.2, -0.15) is 0 Å². The Morgan fingerprint density at radius 1 is 0.682 bits per heavy atom. The monoisotopic (exact) mass is 1550 g/mol. The molecule has 0 spiro atoms. The summed E-state index contributed by atoms with van der Waals surface area (Å²) >= 11 is 0.0665. The first kappa shape index (κ1) is 82.4. The van der Waals surface area contributed by atoms with Crippen LogP contribution in [0.2, 0.25) is 0 Å². The number of rotatable bonds is 23. The number of aliphatic hydroxyl groups is 8. The second kappa shape index (κ2) is 38.1. The van der Waals surface area contributed by atoms with Gasteiger partial charge < -0.3 is 95.7 Å². The molecule has 4 heterocycles. The summed E-state index contributed by atoms with van der Waals surface area (Å²) in [6, 6.07) is 22.1. The molecule has 14 atom stereocenters. The second-order valence-electron chi connectivity index (χ2n) is 29.7. The molecule has 2 aliphatic carbocycles. The van der Waals surface area contributed by atoms with Crippen LogP contribution in [-0.4, -0.2) is 269 Å². The van der Waals surface area contributed by atoms with Gasteiger partial charge in [-0.1, -0.05) is 127 Å². The van der Waals surface area contributed by atoms with Crippen molar-refractivity contribution in [3.8, 4) is 33.8 Å². The van der Waals surface area contributed by atoms with Crippen LogP contribution in [0.1, 0.15) is 113 Å². The van der Waals surface area contributed by atoms with E-state index in [-0.39, 0.29) is 30.2 Å². The highest BCUT2D eigenvalue weighted by atomic mass is 32.2. The molecule has 32 heteroatoms. The van der Waals surface area contributed by atoms with Crippen molar-refractivity contribution >= 4 is 59.5 Å². The summed E-state index contributed by atoms with van der Waals surface area (Å²) in [6.45, 7) is 4.46. The SMILES string of the molecule is CC(NC1C[C@@H](O)CNC(=O)[C@@H]2[C@@H](O)[C@@H](C)CN2C(=O)[C@H]([C@H](O)CCN(C(=O)OCC2c3ccccc3-c3ccccc32)C(CO)CO)NC(=O)[C@H]([C@H](O)Cc2ccc(O)c(OSOOO)c2)NC(=O)[C@@H]2C[C@@H](O)CN2C(=O)[C@H]([C@@H](C)O)NC1=O)c1ccc(-c2ccc(N3CCCN(C4CCCCC4)CC3)cc2)cc1. The molecule has 110 heavy (non-hydrogen) atoms. The molecule has 596 valence electrons. The van der Waals surface area contributed by atoms with E-state index in [0.29, 0.717) is 11.6 Å². The molecule has 7 amide bonds. The minimum absolute atomic E-state index is 0.0665. The summed E-state index contributed by atoms with van der Waals surface area (Å²) < 4.78 is 15.4. The number of carbonyl (C=O) groups excluding carboxylic acids is 7. The predicted molar refractivity (Wildman–Crippen MR) is 402 cm³/mol. The number of hydrogen-bond acceptors (Lipinski definition) is 25. The molecule has 15 N–H and O–H groups in total. The number of phenolic OH excluding ortho intramolecular Hbond substituents is 1. The smallest absolute Gasteiger partial charge is 0.410 e. The molecular formula is C78H102N10O21S. The van der Waals surface area contributed by atoms with E-state index in [0.717, 1.165) is 92.4 Å². The molecule has 4 saturated heterocycles. The highest BCUT2D eigenvalue weighted by Crippen LogP contribution is 2.45. The molecule has 5 aromatic rings. The fraction of sp³-hybridized carbons (Fsp3) is 0.526. The normalized spacial score (nSPS) is 25.5. The van der Waals surface area contributed by atoms with Gasteiger partial charge in [0.2, 0.25) is 35.4 Å². The van der Waals surface area contributed by atoms with E-state index in [4.69, 9.17) is 14.2 Å². The van der Waals surface area contributed by atoms with Crippen LogP contribution in [0.5, 0.6) is 11.5 Å². The molecule has 11 rings (SSSR count). The number of ether oxygens (including phenoxy) is 1. The lowest BCUT2D eigenvalue weighted by atomic mass is 9.94. The van der Waals surface area contributed by atoms with E-state index in [9.17, 15) is 65.1 Å². The zero-order valence-corrected chi connectivity index (χ0v) is 62.6. The number of nitrogens with zero attached hydrogens (tertiary/aromatic N) is 5. The molecule has 0 radical (unpaired) electrons. The van der Waals surface area contributed by atoms with Gasteiger partial charge in [-0.25, -0.2) is 10.1 Å².